The Morgan fingerprint density at radius 3 is 2.29 bits per heavy atom. The minimum absolute atomic E-state index is 1.00. The van der Waals surface area contributed by atoms with Crippen LogP contribution in [0.1, 0.15) is 22.3 Å². The molecule has 0 saturated heterocycles. The van der Waals surface area contributed by atoms with E-state index >= 15 is 0 Å². The Morgan fingerprint density at radius 1 is 0.543 bits per heavy atom. The molecular formula is C33H20N2. The Hall–Kier alpha value is -4.43. The molecule has 35 heavy (non-hydrogen) atoms. The van der Waals surface area contributed by atoms with E-state index in [9.17, 15) is 0 Å². The van der Waals surface area contributed by atoms with E-state index in [1.165, 1.54) is 66.2 Å². The molecule has 2 aliphatic carbocycles. The van der Waals surface area contributed by atoms with Crippen molar-refractivity contribution in [3.8, 4) is 22.3 Å². The first-order valence-corrected chi connectivity index (χ1v) is 12.3. The number of aromatic nitrogens is 2. The Kier molecular flexibility index (Phi) is 3.16. The fourth-order valence-electron chi connectivity index (χ4n) is 6.72. The second-order valence-corrected chi connectivity index (χ2v) is 9.98. The number of benzene rings is 5. The van der Waals surface area contributed by atoms with Crippen molar-refractivity contribution >= 4 is 38.4 Å². The average Bonchev–Trinajstić information content (AvgIpc) is 3.58. The molecule has 0 radical (unpaired) electrons. The Balaban J connectivity index is 1.46. The average molecular weight is 445 g/mol. The molecule has 2 heteroatoms. The molecule has 0 unspecified atom stereocenters. The van der Waals surface area contributed by atoms with Crippen LogP contribution >= 0.6 is 0 Å². The van der Waals surface area contributed by atoms with Gasteiger partial charge < -0.3 is 0 Å². The second-order valence-electron chi connectivity index (χ2n) is 9.98. The molecule has 162 valence electrons. The zero-order valence-electron chi connectivity index (χ0n) is 19.0. The molecule has 5 aromatic carbocycles. The second kappa shape index (κ2) is 6.17. The first-order chi connectivity index (χ1) is 17.3. The normalized spacial score (nSPS) is 13.5. The molecule has 0 bridgehead atoms. The van der Waals surface area contributed by atoms with Crippen LogP contribution in [0.5, 0.6) is 0 Å². The van der Waals surface area contributed by atoms with E-state index in [0.29, 0.717) is 0 Å². The summed E-state index contributed by atoms with van der Waals surface area (Å²) in [5, 5.41) is 3.86. The van der Waals surface area contributed by atoms with Gasteiger partial charge in [0.2, 0.25) is 0 Å². The van der Waals surface area contributed by atoms with Crippen molar-refractivity contribution in [3.05, 3.63) is 119 Å². The van der Waals surface area contributed by atoms with Gasteiger partial charge in [0, 0.05) is 16.2 Å². The number of imidazole rings is 1. The van der Waals surface area contributed by atoms with Gasteiger partial charge in [-0.05, 0) is 81.6 Å². The summed E-state index contributed by atoms with van der Waals surface area (Å²) in [5.41, 5.74) is 15.9. The van der Waals surface area contributed by atoms with E-state index in [1.807, 2.05) is 0 Å². The smallest absolute Gasteiger partial charge is 0.146 e. The van der Waals surface area contributed by atoms with Crippen LogP contribution in [-0.2, 0) is 12.8 Å². The molecule has 0 atom stereocenters. The van der Waals surface area contributed by atoms with Gasteiger partial charge in [-0.3, -0.25) is 4.40 Å². The maximum Gasteiger partial charge on any atom is 0.146 e. The summed E-state index contributed by atoms with van der Waals surface area (Å²) in [6.07, 6.45) is 2.04. The van der Waals surface area contributed by atoms with Gasteiger partial charge in [0.05, 0.1) is 16.6 Å². The van der Waals surface area contributed by atoms with Crippen molar-refractivity contribution in [3.63, 3.8) is 0 Å². The Labute approximate surface area is 202 Å². The van der Waals surface area contributed by atoms with Crippen LogP contribution in [0.3, 0.4) is 0 Å². The van der Waals surface area contributed by atoms with Gasteiger partial charge >= 0.3 is 0 Å². The van der Waals surface area contributed by atoms with Gasteiger partial charge in [0.25, 0.3) is 0 Å². The topological polar surface area (TPSA) is 17.3 Å². The summed E-state index contributed by atoms with van der Waals surface area (Å²) >= 11 is 0. The quantitative estimate of drug-likeness (QED) is 0.217. The van der Waals surface area contributed by atoms with Crippen molar-refractivity contribution in [1.82, 2.24) is 9.38 Å². The number of nitrogens with zero attached hydrogens (tertiary/aromatic N) is 2. The number of fused-ring (bicyclic) bond motifs is 15. The van der Waals surface area contributed by atoms with E-state index in [-0.39, 0.29) is 0 Å². The number of para-hydroxylation sites is 3. The molecule has 2 aromatic heterocycles. The molecule has 0 amide bonds. The monoisotopic (exact) mass is 444 g/mol. The fourth-order valence-corrected chi connectivity index (χ4v) is 6.72. The van der Waals surface area contributed by atoms with Crippen LogP contribution in [0.2, 0.25) is 0 Å². The molecule has 9 rings (SSSR count). The van der Waals surface area contributed by atoms with Crippen LogP contribution in [-0.4, -0.2) is 9.38 Å². The van der Waals surface area contributed by atoms with E-state index in [1.54, 1.807) is 0 Å². The predicted octanol–water partition coefficient (Wildman–Crippen LogP) is 7.94. The maximum atomic E-state index is 5.13. The third-order valence-electron chi connectivity index (χ3n) is 8.18. The number of hydrogen-bond acceptors (Lipinski definition) is 1. The van der Waals surface area contributed by atoms with Crippen molar-refractivity contribution in [2.45, 2.75) is 12.8 Å². The third-order valence-corrected chi connectivity index (χ3v) is 8.18. The van der Waals surface area contributed by atoms with Gasteiger partial charge in [-0.2, -0.15) is 0 Å². The molecule has 2 heterocycles. The third kappa shape index (κ3) is 2.18. The highest BCUT2D eigenvalue weighted by atomic mass is 15.0. The van der Waals surface area contributed by atoms with Crippen LogP contribution < -0.4 is 0 Å². The lowest BCUT2D eigenvalue weighted by Crippen LogP contribution is -1.93. The highest BCUT2D eigenvalue weighted by Gasteiger charge is 2.28. The van der Waals surface area contributed by atoms with E-state index in [2.05, 4.69) is 101 Å². The van der Waals surface area contributed by atoms with Crippen LogP contribution in [0.25, 0.3) is 60.6 Å². The molecule has 0 fully saturated rings. The minimum atomic E-state index is 1.00. The van der Waals surface area contributed by atoms with Crippen LogP contribution in [0.15, 0.2) is 97.1 Å². The van der Waals surface area contributed by atoms with Crippen molar-refractivity contribution in [2.24, 2.45) is 0 Å². The first-order valence-electron chi connectivity index (χ1n) is 12.3. The lowest BCUT2D eigenvalue weighted by molar-refractivity contribution is 1.21. The summed E-state index contributed by atoms with van der Waals surface area (Å²) in [6.45, 7) is 0. The summed E-state index contributed by atoms with van der Waals surface area (Å²) in [4.78, 5) is 5.13. The standard InChI is InChI=1S/C33H20N2/c1-2-8-23-19(7-1)15-21-17-22-16-20-13-14-25-32(31(20)27(22)18-26(21)23)24-9-3-5-11-29(24)35-30-12-6-4-10-28(30)34-33(25)35/h1-14,17-18H,15-16H2. The number of hydrogen-bond donors (Lipinski definition) is 0. The molecular weight excluding hydrogens is 424 g/mol. The van der Waals surface area contributed by atoms with Crippen molar-refractivity contribution in [1.29, 1.82) is 0 Å². The van der Waals surface area contributed by atoms with E-state index in [4.69, 9.17) is 4.98 Å². The molecule has 0 saturated carbocycles. The molecule has 2 nitrogen and oxygen atoms in total. The largest absolute Gasteiger partial charge is 0.292 e. The summed E-state index contributed by atoms with van der Waals surface area (Å²) < 4.78 is 2.34. The van der Waals surface area contributed by atoms with Gasteiger partial charge in [-0.25, -0.2) is 4.98 Å². The molecule has 0 spiro atoms. The molecule has 2 aliphatic rings. The van der Waals surface area contributed by atoms with Gasteiger partial charge in [-0.15, -0.1) is 0 Å². The first kappa shape index (κ1) is 18.0. The zero-order chi connectivity index (χ0) is 22.7. The van der Waals surface area contributed by atoms with Crippen LogP contribution in [0.4, 0.5) is 0 Å². The lowest BCUT2D eigenvalue weighted by Gasteiger charge is -2.14. The summed E-state index contributed by atoms with van der Waals surface area (Å²) in [5.74, 6) is 0. The van der Waals surface area contributed by atoms with E-state index < -0.39 is 0 Å². The SMILES string of the molecule is c1ccc2c(c1)Cc1cc3c(cc1-2)-c1c(ccc2c1c1ccccc1n1c4ccccc4nc21)C3. The summed E-state index contributed by atoms with van der Waals surface area (Å²) in [7, 11) is 0. The summed E-state index contributed by atoms with van der Waals surface area (Å²) in [6, 6.07) is 35.8. The highest BCUT2D eigenvalue weighted by molar-refractivity contribution is 6.20. The van der Waals surface area contributed by atoms with Crippen LogP contribution in [0, 0.1) is 0 Å². The molecule has 0 N–H and O–H groups in total. The van der Waals surface area contributed by atoms with Crippen molar-refractivity contribution < 1.29 is 0 Å². The Bertz CT molecular complexity index is 2060. The zero-order valence-corrected chi connectivity index (χ0v) is 19.0. The minimum Gasteiger partial charge on any atom is -0.292 e. The number of pyridine rings is 1. The van der Waals surface area contributed by atoms with Gasteiger partial charge in [-0.1, -0.05) is 72.8 Å². The number of rotatable bonds is 0. The lowest BCUT2D eigenvalue weighted by atomic mass is 9.93. The van der Waals surface area contributed by atoms with Gasteiger partial charge in [0.1, 0.15) is 5.65 Å². The van der Waals surface area contributed by atoms with Gasteiger partial charge in [0.15, 0.2) is 0 Å². The highest BCUT2D eigenvalue weighted by Crippen LogP contribution is 2.49. The maximum absolute atomic E-state index is 5.13. The van der Waals surface area contributed by atoms with Crippen molar-refractivity contribution in [2.75, 3.05) is 0 Å². The Morgan fingerprint density at radius 2 is 1.31 bits per heavy atom. The molecule has 0 aliphatic heterocycles. The molecule has 7 aromatic rings. The predicted molar refractivity (Wildman–Crippen MR) is 144 cm³/mol. The van der Waals surface area contributed by atoms with E-state index in [0.717, 1.165) is 29.5 Å². The fraction of sp³-hybridized carbons (Fsp3) is 0.0606.